The van der Waals surface area contributed by atoms with E-state index in [4.69, 9.17) is 48.8 Å². The van der Waals surface area contributed by atoms with Crippen molar-refractivity contribution in [2.45, 2.75) is 6.92 Å². The molecule has 6 nitrogen and oxygen atoms in total. The summed E-state index contributed by atoms with van der Waals surface area (Å²) < 4.78 is 0. The van der Waals surface area contributed by atoms with E-state index >= 15 is 0 Å². The second-order valence-electron chi connectivity index (χ2n) is 14.7. The maximum atomic E-state index is 6.49. The van der Waals surface area contributed by atoms with Gasteiger partial charge in [-0.15, -0.1) is 22.7 Å². The monoisotopic (exact) mass is 880 g/mol. The molecule has 62 heavy (non-hydrogen) atoms. The van der Waals surface area contributed by atoms with E-state index < -0.39 is 0 Å². The fraction of sp³-hybridized carbons (Fsp3) is 0.0189. The number of hydrogen-bond acceptors (Lipinski definition) is 4. The van der Waals surface area contributed by atoms with E-state index in [0.717, 1.165) is 93.5 Å². The zero-order valence-electron chi connectivity index (χ0n) is 33.2. The molecule has 3 heterocycles. The summed E-state index contributed by atoms with van der Waals surface area (Å²) in [5, 5.41) is 20.9. The van der Waals surface area contributed by atoms with Crippen LogP contribution in [0.3, 0.4) is 0 Å². The molecule has 0 fully saturated rings. The number of aryl methyl sites for hydroxylation is 1. The van der Waals surface area contributed by atoms with Crippen LogP contribution in [0.2, 0.25) is 10.0 Å². The summed E-state index contributed by atoms with van der Waals surface area (Å²) in [6.07, 6.45) is 5.67. The van der Waals surface area contributed by atoms with Gasteiger partial charge in [0.1, 0.15) is 0 Å². The Balaban J connectivity index is 0.000000156. The van der Waals surface area contributed by atoms with Gasteiger partial charge in [-0.3, -0.25) is 19.9 Å². The molecule has 0 saturated carbocycles. The molecule has 8 aromatic carbocycles. The van der Waals surface area contributed by atoms with Gasteiger partial charge >= 0.3 is 17.1 Å². The molecule has 0 radical (unpaired) electrons. The summed E-state index contributed by atoms with van der Waals surface area (Å²) in [6.45, 7) is 5.91. The van der Waals surface area contributed by atoms with Crippen molar-refractivity contribution in [1.29, 1.82) is 0 Å². The Morgan fingerprint density at radius 2 is 0.855 bits per heavy atom. The van der Waals surface area contributed by atoms with Gasteiger partial charge in [-0.25, -0.2) is 0 Å². The number of aliphatic imine (C=N–C) groups is 1. The first-order chi connectivity index (χ1) is 29.9. The summed E-state index contributed by atoms with van der Waals surface area (Å²) >= 11 is 13.0. The average Bonchev–Trinajstić information content (AvgIpc) is 3.29. The third-order valence-electron chi connectivity index (χ3n) is 11.0. The molecule has 0 N–H and O–H groups in total. The van der Waals surface area contributed by atoms with E-state index in [0.29, 0.717) is 15.7 Å². The molecule has 0 unspecified atom stereocenters. The number of hydrogen-bond donors (Lipinski definition) is 0. The van der Waals surface area contributed by atoms with E-state index in [1.807, 2.05) is 128 Å². The van der Waals surface area contributed by atoms with E-state index in [1.165, 1.54) is 10.9 Å². The topological polar surface area (TPSA) is 79.2 Å². The van der Waals surface area contributed by atoms with Gasteiger partial charge in [0.2, 0.25) is 0 Å². The third kappa shape index (κ3) is 7.57. The number of halogens is 2. The number of nitrogens with zero attached hydrogens (tertiary/aromatic N) is 6. The van der Waals surface area contributed by atoms with Gasteiger partial charge in [0.25, 0.3) is 0 Å². The largest absolute Gasteiger partial charge is 2.00 e. The second-order valence-corrected chi connectivity index (χ2v) is 15.6. The van der Waals surface area contributed by atoms with Crippen LogP contribution in [-0.2, 0) is 17.1 Å². The van der Waals surface area contributed by atoms with Gasteiger partial charge in [-0.05, 0) is 53.1 Å². The minimum Gasteiger partial charge on any atom is -0.654 e. The predicted octanol–water partition coefficient (Wildman–Crippen LogP) is 16.8. The van der Waals surface area contributed by atoms with Gasteiger partial charge < -0.3 is 10.6 Å². The van der Waals surface area contributed by atoms with Gasteiger partial charge in [-0.1, -0.05) is 169 Å². The van der Waals surface area contributed by atoms with Crippen LogP contribution >= 0.6 is 23.2 Å². The molecule has 0 atom stereocenters. The SMILES string of the molecule is C=Nc1c([N-]c2cc(Cl)cc3c2ncc2ccccc23)cccc1-c1ccccc1C.Clc1cc([N-]c2cccc3c2ncc2ccccc23)c2ncc3ccccc3c2c1.[Fe+2]. The van der Waals surface area contributed by atoms with Gasteiger partial charge in [0.05, 0.1) is 22.2 Å². The third-order valence-corrected chi connectivity index (χ3v) is 11.4. The molecule has 0 spiro atoms. The maximum absolute atomic E-state index is 6.49. The van der Waals surface area contributed by atoms with Crippen molar-refractivity contribution < 1.29 is 17.1 Å². The summed E-state index contributed by atoms with van der Waals surface area (Å²) in [5.74, 6) is 0. The standard InChI is InChI=1S/C27H19ClN3.C26H15ClN3.Fe/c1-17-8-3-5-10-20(17)22-12-7-13-24(26(22)29-2)31-25-15-19(28)14-23-21-11-6-4-9-18(21)16-30-27(23)25;27-18-12-22-20-9-4-2-7-17(20)15-29-26(22)24(13-18)30-23-11-5-10-21-19-8-3-1-6-16(19)14-28-25(21)23;/h3-16H,2H2,1H3;1-15H;/q2*-1;+2. The normalized spacial score (nSPS) is 11.1. The minimum atomic E-state index is 0. The Morgan fingerprint density at radius 3 is 1.40 bits per heavy atom. The van der Waals surface area contributed by atoms with Crippen LogP contribution < -0.4 is 0 Å². The Hall–Kier alpha value is -6.86. The van der Waals surface area contributed by atoms with Crippen molar-refractivity contribution in [3.63, 3.8) is 0 Å². The van der Waals surface area contributed by atoms with Crippen molar-refractivity contribution in [1.82, 2.24) is 15.0 Å². The van der Waals surface area contributed by atoms with Gasteiger partial charge in [-0.2, -0.15) is 0 Å². The average molecular weight is 882 g/mol. The molecule has 3 aromatic heterocycles. The van der Waals surface area contributed by atoms with Crippen molar-refractivity contribution in [2.24, 2.45) is 4.99 Å². The summed E-state index contributed by atoms with van der Waals surface area (Å²) in [4.78, 5) is 18.5. The number of rotatable bonds is 6. The van der Waals surface area contributed by atoms with Crippen LogP contribution in [0.4, 0.5) is 28.4 Å². The minimum absolute atomic E-state index is 0. The van der Waals surface area contributed by atoms with Gasteiger partial charge in [0, 0.05) is 66.5 Å². The zero-order valence-corrected chi connectivity index (χ0v) is 35.9. The molecule has 0 saturated heterocycles. The first-order valence-corrected chi connectivity index (χ1v) is 20.5. The fourth-order valence-electron chi connectivity index (χ4n) is 8.10. The Morgan fingerprint density at radius 1 is 0.435 bits per heavy atom. The molecule has 298 valence electrons. The van der Waals surface area contributed by atoms with E-state index in [-0.39, 0.29) is 17.1 Å². The number of para-hydroxylation sites is 2. The number of pyridine rings is 3. The molecule has 11 aromatic rings. The predicted molar refractivity (Wildman–Crippen MR) is 259 cm³/mol. The Bertz CT molecular complexity index is 3520. The quantitative estimate of drug-likeness (QED) is 0.0948. The van der Waals surface area contributed by atoms with Crippen molar-refractivity contribution in [3.8, 4) is 11.1 Å². The molecule has 11 rings (SSSR count). The molecular formula is C53H34Cl2FeN6. The van der Waals surface area contributed by atoms with Crippen molar-refractivity contribution in [3.05, 3.63) is 203 Å². The smallest absolute Gasteiger partial charge is 0.654 e. The molecule has 0 aliphatic heterocycles. The van der Waals surface area contributed by atoms with Crippen molar-refractivity contribution in [2.75, 3.05) is 0 Å². The Labute approximate surface area is 378 Å². The van der Waals surface area contributed by atoms with Gasteiger partial charge in [0.15, 0.2) is 0 Å². The maximum Gasteiger partial charge on any atom is 2.00 e. The Kier molecular flexibility index (Phi) is 11.3. The summed E-state index contributed by atoms with van der Waals surface area (Å²) in [6, 6.07) is 52.5. The number of fused-ring (bicyclic) bond motifs is 9. The van der Waals surface area contributed by atoms with Crippen LogP contribution in [0, 0.1) is 6.92 Å². The molecule has 0 aliphatic carbocycles. The zero-order chi connectivity index (χ0) is 41.5. The van der Waals surface area contributed by atoms with E-state index in [9.17, 15) is 0 Å². The molecule has 0 bridgehead atoms. The molecule has 0 aliphatic rings. The first-order valence-electron chi connectivity index (χ1n) is 19.7. The van der Waals surface area contributed by atoms with E-state index in [2.05, 4.69) is 67.2 Å². The summed E-state index contributed by atoms with van der Waals surface area (Å²) in [5.41, 5.74) is 9.51. The molecular weight excluding hydrogens is 847 g/mol. The number of benzene rings is 8. The van der Waals surface area contributed by atoms with Crippen molar-refractivity contribution >= 4 is 123 Å². The van der Waals surface area contributed by atoms with Crippen LogP contribution in [-0.4, -0.2) is 21.7 Å². The number of aromatic nitrogens is 3. The second kappa shape index (κ2) is 17.3. The van der Waals surface area contributed by atoms with E-state index in [1.54, 1.807) is 0 Å². The van der Waals surface area contributed by atoms with Crippen LogP contribution in [0.5, 0.6) is 0 Å². The van der Waals surface area contributed by atoms with Crippen LogP contribution in [0.15, 0.2) is 181 Å². The first kappa shape index (κ1) is 40.5. The fourth-order valence-corrected chi connectivity index (χ4v) is 8.53. The summed E-state index contributed by atoms with van der Waals surface area (Å²) in [7, 11) is 0. The molecule has 9 heteroatoms. The van der Waals surface area contributed by atoms with Crippen LogP contribution in [0.1, 0.15) is 5.56 Å². The molecule has 0 amide bonds. The van der Waals surface area contributed by atoms with Crippen LogP contribution in [0.25, 0.3) is 86.8 Å².